The summed E-state index contributed by atoms with van der Waals surface area (Å²) in [4.78, 5) is 25.8. The fourth-order valence-electron chi connectivity index (χ4n) is 3.54. The van der Waals surface area contributed by atoms with Gasteiger partial charge in [0.2, 0.25) is 11.7 Å². The third-order valence-corrected chi connectivity index (χ3v) is 5.08. The molecule has 0 bridgehead atoms. The van der Waals surface area contributed by atoms with Crippen molar-refractivity contribution in [3.63, 3.8) is 0 Å². The van der Waals surface area contributed by atoms with Gasteiger partial charge >= 0.3 is 0 Å². The van der Waals surface area contributed by atoms with Crippen molar-refractivity contribution in [1.29, 1.82) is 0 Å². The van der Waals surface area contributed by atoms with Gasteiger partial charge < -0.3 is 15.4 Å². The first kappa shape index (κ1) is 21.4. The summed E-state index contributed by atoms with van der Waals surface area (Å²) in [5.74, 6) is -0.262. The summed E-state index contributed by atoms with van der Waals surface area (Å²) in [5, 5.41) is 18.0. The van der Waals surface area contributed by atoms with Crippen molar-refractivity contribution < 1.29 is 18.7 Å². The summed E-state index contributed by atoms with van der Waals surface area (Å²) in [6.07, 6.45) is 4.27. The van der Waals surface area contributed by atoms with E-state index in [2.05, 4.69) is 26.0 Å². The Kier molecular flexibility index (Phi) is 6.69. The molecule has 2 N–H and O–H groups in total. The molecule has 9 nitrogen and oxygen atoms in total. The number of carbonyl (C=O) groups excluding carboxylic acids is 2. The Labute approximate surface area is 184 Å². The van der Waals surface area contributed by atoms with Crippen molar-refractivity contribution in [1.82, 2.24) is 25.5 Å². The van der Waals surface area contributed by atoms with Crippen molar-refractivity contribution in [2.75, 3.05) is 11.9 Å². The molecule has 0 radical (unpaired) electrons. The molecule has 10 heteroatoms. The number of nitrogens with one attached hydrogen (secondary N) is 2. The lowest BCUT2D eigenvalue weighted by atomic mass is 10.1. The number of carbonyl (C=O) groups is 2. The molecule has 0 unspecified atom stereocenters. The second kappa shape index (κ2) is 9.99. The molecule has 166 valence electrons. The Morgan fingerprint density at radius 2 is 1.81 bits per heavy atom. The van der Waals surface area contributed by atoms with Crippen LogP contribution in [0.2, 0.25) is 0 Å². The smallest absolute Gasteiger partial charge is 0.262 e. The van der Waals surface area contributed by atoms with E-state index in [-0.39, 0.29) is 36.7 Å². The molecule has 0 saturated heterocycles. The zero-order valence-corrected chi connectivity index (χ0v) is 17.3. The lowest BCUT2D eigenvalue weighted by Gasteiger charge is -2.11. The number of ether oxygens (including phenoxy) is 1. The van der Waals surface area contributed by atoms with Crippen molar-refractivity contribution in [3.05, 3.63) is 54.3 Å². The Hall–Kier alpha value is -3.82. The summed E-state index contributed by atoms with van der Waals surface area (Å²) in [7, 11) is 0. The Morgan fingerprint density at radius 3 is 2.59 bits per heavy atom. The number of halogens is 1. The Balaban J connectivity index is 1.37. The van der Waals surface area contributed by atoms with Crippen LogP contribution in [0.25, 0.3) is 11.4 Å². The van der Waals surface area contributed by atoms with E-state index in [4.69, 9.17) is 4.74 Å². The fraction of sp³-hybridized carbons (Fsp3) is 0.318. The molecular weight excluding hydrogens is 415 g/mol. The largest absolute Gasteiger partial charge is 0.484 e. The molecule has 0 spiro atoms. The predicted octanol–water partition coefficient (Wildman–Crippen LogP) is 2.56. The van der Waals surface area contributed by atoms with Crippen LogP contribution in [0, 0.1) is 5.82 Å². The Morgan fingerprint density at radius 1 is 1.06 bits per heavy atom. The molecule has 2 aromatic carbocycles. The van der Waals surface area contributed by atoms with Gasteiger partial charge in [0.15, 0.2) is 6.61 Å². The summed E-state index contributed by atoms with van der Waals surface area (Å²) in [6, 6.07) is 12.6. The minimum Gasteiger partial charge on any atom is -0.484 e. The van der Waals surface area contributed by atoms with Crippen LogP contribution in [0.1, 0.15) is 25.7 Å². The average molecular weight is 438 g/mol. The molecular formula is C22H23FN6O3. The van der Waals surface area contributed by atoms with E-state index >= 15 is 0 Å². The summed E-state index contributed by atoms with van der Waals surface area (Å²) >= 11 is 0. The summed E-state index contributed by atoms with van der Waals surface area (Å²) < 4.78 is 18.3. The van der Waals surface area contributed by atoms with E-state index in [1.54, 1.807) is 24.3 Å². The normalized spacial score (nSPS) is 13.7. The molecule has 1 heterocycles. The highest BCUT2D eigenvalue weighted by Crippen LogP contribution is 2.24. The van der Waals surface area contributed by atoms with E-state index in [0.717, 1.165) is 25.7 Å². The molecule has 3 aromatic rings. The topological polar surface area (TPSA) is 111 Å². The molecule has 1 aliphatic carbocycles. The van der Waals surface area contributed by atoms with Gasteiger partial charge in [-0.1, -0.05) is 25.0 Å². The minimum atomic E-state index is -0.398. The number of anilines is 1. The van der Waals surface area contributed by atoms with E-state index in [1.807, 2.05) is 0 Å². The van der Waals surface area contributed by atoms with Crippen LogP contribution in [-0.4, -0.2) is 44.7 Å². The monoisotopic (exact) mass is 438 g/mol. The van der Waals surface area contributed by atoms with Crippen LogP contribution in [0.3, 0.4) is 0 Å². The van der Waals surface area contributed by atoms with E-state index in [9.17, 15) is 14.0 Å². The molecule has 32 heavy (non-hydrogen) atoms. The fourth-order valence-corrected chi connectivity index (χ4v) is 3.54. The quantitative estimate of drug-likeness (QED) is 0.559. The van der Waals surface area contributed by atoms with Gasteiger partial charge in [-0.3, -0.25) is 9.59 Å². The predicted molar refractivity (Wildman–Crippen MR) is 114 cm³/mol. The molecule has 1 aromatic heterocycles. The summed E-state index contributed by atoms with van der Waals surface area (Å²) in [6.45, 7) is -0.273. The molecule has 2 amide bonds. The summed E-state index contributed by atoms with van der Waals surface area (Å²) in [5.41, 5.74) is 1.04. The SMILES string of the molecule is O=C(COc1ccc(F)cc1)Nc1ccccc1-c1nnn(CC(=O)NC2CCCC2)n1. The third-order valence-electron chi connectivity index (χ3n) is 5.08. The van der Waals surface area contributed by atoms with E-state index in [0.29, 0.717) is 17.0 Å². The van der Waals surface area contributed by atoms with Crippen molar-refractivity contribution in [2.45, 2.75) is 38.3 Å². The first-order valence-electron chi connectivity index (χ1n) is 10.4. The highest BCUT2D eigenvalue weighted by atomic mass is 19.1. The van der Waals surface area contributed by atoms with Gasteiger partial charge in [0.1, 0.15) is 18.1 Å². The highest BCUT2D eigenvalue weighted by Gasteiger charge is 2.19. The second-order valence-corrected chi connectivity index (χ2v) is 7.53. The van der Waals surface area contributed by atoms with Gasteiger partial charge in [0, 0.05) is 11.6 Å². The van der Waals surface area contributed by atoms with Gasteiger partial charge in [-0.2, -0.15) is 4.80 Å². The first-order valence-corrected chi connectivity index (χ1v) is 10.4. The van der Waals surface area contributed by atoms with Crippen molar-refractivity contribution in [3.8, 4) is 17.1 Å². The van der Waals surface area contributed by atoms with Crippen LogP contribution in [0.15, 0.2) is 48.5 Å². The number of hydrogen-bond acceptors (Lipinski definition) is 6. The Bertz CT molecular complexity index is 1080. The van der Waals surface area contributed by atoms with Crippen molar-refractivity contribution in [2.24, 2.45) is 0 Å². The number of aromatic nitrogens is 4. The number of benzene rings is 2. The zero-order valence-electron chi connectivity index (χ0n) is 17.3. The number of hydrogen-bond donors (Lipinski definition) is 2. The van der Waals surface area contributed by atoms with E-state index < -0.39 is 5.91 Å². The molecule has 0 atom stereocenters. The standard InChI is InChI=1S/C22H23FN6O3/c23-15-9-11-17(12-10-15)32-14-21(31)25-19-8-4-3-7-18(19)22-26-28-29(27-22)13-20(30)24-16-5-1-2-6-16/h3-4,7-12,16H,1-2,5-6,13-14H2,(H,24,30)(H,25,31). The van der Waals surface area contributed by atoms with Crippen LogP contribution in [0.5, 0.6) is 5.75 Å². The number of rotatable bonds is 8. The molecule has 4 rings (SSSR count). The lowest BCUT2D eigenvalue weighted by Crippen LogP contribution is -2.35. The highest BCUT2D eigenvalue weighted by molar-refractivity contribution is 5.95. The number of para-hydroxylation sites is 1. The second-order valence-electron chi connectivity index (χ2n) is 7.53. The van der Waals surface area contributed by atoms with Gasteiger partial charge in [0.05, 0.1) is 5.69 Å². The van der Waals surface area contributed by atoms with Gasteiger partial charge in [-0.15, -0.1) is 10.2 Å². The molecule has 1 fully saturated rings. The van der Waals surface area contributed by atoms with E-state index in [1.165, 1.54) is 29.1 Å². The minimum absolute atomic E-state index is 0.0243. The maximum Gasteiger partial charge on any atom is 0.262 e. The molecule has 0 aliphatic heterocycles. The van der Waals surface area contributed by atoms with Gasteiger partial charge in [0.25, 0.3) is 5.91 Å². The van der Waals surface area contributed by atoms with Crippen LogP contribution in [0.4, 0.5) is 10.1 Å². The number of amides is 2. The van der Waals surface area contributed by atoms with Crippen LogP contribution in [-0.2, 0) is 16.1 Å². The number of nitrogens with zero attached hydrogens (tertiary/aromatic N) is 4. The maximum absolute atomic E-state index is 13.0. The third kappa shape index (κ3) is 5.65. The molecule has 1 saturated carbocycles. The maximum atomic E-state index is 13.0. The van der Waals surface area contributed by atoms with Crippen LogP contribution >= 0.6 is 0 Å². The zero-order chi connectivity index (χ0) is 22.3. The number of tetrazole rings is 1. The van der Waals surface area contributed by atoms with Gasteiger partial charge in [-0.05, 0) is 54.5 Å². The average Bonchev–Trinajstić information content (AvgIpc) is 3.46. The van der Waals surface area contributed by atoms with Crippen molar-refractivity contribution >= 4 is 17.5 Å². The molecule has 1 aliphatic rings. The first-order chi connectivity index (χ1) is 15.6. The van der Waals surface area contributed by atoms with Gasteiger partial charge in [-0.25, -0.2) is 4.39 Å². The lowest BCUT2D eigenvalue weighted by molar-refractivity contribution is -0.122. The van der Waals surface area contributed by atoms with Crippen LogP contribution < -0.4 is 15.4 Å².